The van der Waals surface area contributed by atoms with Crippen LogP contribution in [0, 0.1) is 11.8 Å². The summed E-state index contributed by atoms with van der Waals surface area (Å²) in [4.78, 5) is 2.64. The molecule has 2 unspecified atom stereocenters. The number of benzene rings is 2. The molecule has 1 spiro atoms. The molecule has 1 saturated heterocycles. The molecule has 7 atom stereocenters. The van der Waals surface area contributed by atoms with Crippen molar-refractivity contribution in [1.82, 2.24) is 9.21 Å². The SMILES string of the molecule is CN([C@H]1CC[C@H]2[C@H]3Cc4cccc5c4[C@@]2(CCN3CC2CC2O)[C@H]1O5)S(=O)(=O)Cc1ccccc1. The van der Waals surface area contributed by atoms with E-state index in [9.17, 15) is 13.5 Å². The molecule has 3 aliphatic carbocycles. The van der Waals surface area contributed by atoms with Gasteiger partial charge in [-0.15, -0.1) is 0 Å². The van der Waals surface area contributed by atoms with E-state index < -0.39 is 10.0 Å². The van der Waals surface area contributed by atoms with Gasteiger partial charge in [-0.3, -0.25) is 4.90 Å². The van der Waals surface area contributed by atoms with Crippen LogP contribution in [0.25, 0.3) is 0 Å². The predicted molar refractivity (Wildman–Crippen MR) is 134 cm³/mol. The Morgan fingerprint density at radius 3 is 2.71 bits per heavy atom. The summed E-state index contributed by atoms with van der Waals surface area (Å²) < 4.78 is 35.5. The first-order valence-corrected chi connectivity index (χ1v) is 14.7. The molecule has 2 heterocycles. The van der Waals surface area contributed by atoms with Crippen molar-refractivity contribution in [3.05, 3.63) is 65.2 Å². The van der Waals surface area contributed by atoms with Crippen LogP contribution in [0.15, 0.2) is 48.5 Å². The molecule has 186 valence electrons. The second kappa shape index (κ2) is 7.78. The van der Waals surface area contributed by atoms with Crippen molar-refractivity contribution in [2.24, 2.45) is 11.8 Å². The van der Waals surface area contributed by atoms with Crippen LogP contribution >= 0.6 is 0 Å². The van der Waals surface area contributed by atoms with Crippen LogP contribution in [0.4, 0.5) is 0 Å². The normalized spacial score (nSPS) is 37.1. The third-order valence-corrected chi connectivity index (χ3v) is 11.6. The Morgan fingerprint density at radius 2 is 1.94 bits per heavy atom. The van der Waals surface area contributed by atoms with Crippen LogP contribution in [0.1, 0.15) is 42.4 Å². The van der Waals surface area contributed by atoms with Gasteiger partial charge in [0.05, 0.1) is 17.9 Å². The molecule has 3 fully saturated rings. The molecule has 0 radical (unpaired) electrons. The number of aliphatic hydroxyl groups excluding tert-OH is 1. The van der Waals surface area contributed by atoms with Crippen LogP contribution < -0.4 is 4.74 Å². The number of likely N-dealkylation sites (tertiary alicyclic amines) is 1. The van der Waals surface area contributed by atoms with Crippen molar-refractivity contribution in [2.75, 3.05) is 20.1 Å². The Balaban J connectivity index is 1.24. The summed E-state index contributed by atoms with van der Waals surface area (Å²) in [6, 6.07) is 16.2. The minimum absolute atomic E-state index is 0.0162. The number of aliphatic hydroxyl groups is 1. The number of hydrogen-bond donors (Lipinski definition) is 1. The molecule has 2 aromatic carbocycles. The fourth-order valence-corrected chi connectivity index (χ4v) is 9.44. The second-order valence-corrected chi connectivity index (χ2v) is 13.5. The molecular weight excluding hydrogens is 460 g/mol. The fraction of sp³-hybridized carbons (Fsp3) is 0.571. The minimum atomic E-state index is -3.49. The molecule has 1 N–H and O–H groups in total. The maximum absolute atomic E-state index is 13.5. The molecule has 35 heavy (non-hydrogen) atoms. The topological polar surface area (TPSA) is 70.1 Å². The van der Waals surface area contributed by atoms with Crippen molar-refractivity contribution >= 4 is 10.0 Å². The molecular formula is C28H34N2O4S. The summed E-state index contributed by atoms with van der Waals surface area (Å²) in [5.74, 6) is 1.87. The largest absolute Gasteiger partial charge is 0.487 e. The lowest BCUT2D eigenvalue weighted by molar-refractivity contribution is -0.0757. The Kier molecular flexibility index (Phi) is 4.95. The van der Waals surface area contributed by atoms with Crippen LogP contribution in [0.2, 0.25) is 0 Å². The summed E-state index contributed by atoms with van der Waals surface area (Å²) in [6.45, 7) is 1.97. The number of hydrogen-bond acceptors (Lipinski definition) is 5. The van der Waals surface area contributed by atoms with E-state index in [-0.39, 0.29) is 29.4 Å². The van der Waals surface area contributed by atoms with E-state index in [1.807, 2.05) is 30.3 Å². The van der Waals surface area contributed by atoms with Crippen molar-refractivity contribution in [2.45, 2.75) is 67.6 Å². The van der Waals surface area contributed by atoms with Gasteiger partial charge >= 0.3 is 0 Å². The van der Waals surface area contributed by atoms with E-state index in [2.05, 4.69) is 23.1 Å². The highest BCUT2D eigenvalue weighted by Gasteiger charge is 2.66. The van der Waals surface area contributed by atoms with Gasteiger partial charge in [-0.25, -0.2) is 8.42 Å². The van der Waals surface area contributed by atoms with Crippen LogP contribution in [-0.2, 0) is 27.6 Å². The van der Waals surface area contributed by atoms with E-state index in [4.69, 9.17) is 4.74 Å². The zero-order valence-corrected chi connectivity index (χ0v) is 21.0. The summed E-state index contributed by atoms with van der Waals surface area (Å²) >= 11 is 0. The fourth-order valence-electron chi connectivity index (χ4n) is 7.99. The van der Waals surface area contributed by atoms with Gasteiger partial charge < -0.3 is 9.84 Å². The van der Waals surface area contributed by atoms with E-state index in [1.54, 1.807) is 11.4 Å². The predicted octanol–water partition coefficient (Wildman–Crippen LogP) is 2.94. The lowest BCUT2D eigenvalue weighted by atomic mass is 9.51. The Hall–Kier alpha value is -1.93. The van der Waals surface area contributed by atoms with Crippen molar-refractivity contribution in [3.63, 3.8) is 0 Å². The smallest absolute Gasteiger partial charge is 0.218 e. The molecule has 7 rings (SSSR count). The number of rotatable bonds is 6. The standard InChI is InChI=1S/C28H34N2O4S/c1-29(35(32,33)17-18-6-3-2-4-7-18)22-11-10-21-23-14-19-8-5-9-25-26(19)28(21,27(22)34-25)12-13-30(23)16-20-15-24(20)31/h2-9,20-24,27,31H,10-17H2,1H3/t20?,21-,22-,23+,24?,27-,28-/m0/s1. The van der Waals surface area contributed by atoms with E-state index >= 15 is 0 Å². The quantitative estimate of drug-likeness (QED) is 0.669. The maximum Gasteiger partial charge on any atom is 0.218 e. The number of nitrogens with zero attached hydrogens (tertiary/aromatic N) is 2. The van der Waals surface area contributed by atoms with Gasteiger partial charge in [-0.2, -0.15) is 4.31 Å². The van der Waals surface area contributed by atoms with Crippen LogP contribution in [-0.4, -0.2) is 67.2 Å². The number of piperidine rings is 1. The second-order valence-electron chi connectivity index (χ2n) is 11.5. The highest BCUT2D eigenvalue weighted by molar-refractivity contribution is 7.88. The molecule has 2 saturated carbocycles. The zero-order valence-electron chi connectivity index (χ0n) is 20.2. The maximum atomic E-state index is 13.5. The summed E-state index contributed by atoms with van der Waals surface area (Å²) in [5.41, 5.74) is 3.45. The van der Waals surface area contributed by atoms with E-state index in [1.165, 1.54) is 11.1 Å². The molecule has 2 aliphatic heterocycles. The van der Waals surface area contributed by atoms with Gasteiger partial charge in [0.1, 0.15) is 11.9 Å². The Labute approximate surface area is 207 Å². The van der Waals surface area contributed by atoms with Gasteiger partial charge in [0, 0.05) is 36.5 Å². The third kappa shape index (κ3) is 3.28. The minimum Gasteiger partial charge on any atom is -0.487 e. The Bertz CT molecular complexity index is 1250. The van der Waals surface area contributed by atoms with Crippen molar-refractivity contribution in [1.29, 1.82) is 0 Å². The molecule has 5 aliphatic rings. The lowest BCUT2D eigenvalue weighted by Gasteiger charge is -2.60. The summed E-state index contributed by atoms with van der Waals surface area (Å²) in [6.07, 6.45) is 4.51. The molecule has 2 bridgehead atoms. The first kappa shape index (κ1) is 22.3. The first-order valence-electron chi connectivity index (χ1n) is 13.1. The zero-order chi connectivity index (χ0) is 23.9. The van der Waals surface area contributed by atoms with Crippen molar-refractivity contribution < 1.29 is 18.3 Å². The highest BCUT2D eigenvalue weighted by Crippen LogP contribution is 2.63. The van der Waals surface area contributed by atoms with Gasteiger partial charge in [0.25, 0.3) is 0 Å². The van der Waals surface area contributed by atoms with E-state index in [0.29, 0.717) is 17.9 Å². The summed E-state index contributed by atoms with van der Waals surface area (Å²) in [7, 11) is -1.73. The Morgan fingerprint density at radius 1 is 1.14 bits per heavy atom. The third-order valence-electron chi connectivity index (χ3n) is 9.75. The molecule has 0 amide bonds. The monoisotopic (exact) mass is 494 g/mol. The summed E-state index contributed by atoms with van der Waals surface area (Å²) in [5, 5.41) is 9.99. The lowest BCUT2D eigenvalue weighted by Crippen LogP contribution is -2.69. The first-order chi connectivity index (χ1) is 16.9. The average molecular weight is 495 g/mol. The number of ether oxygens (including phenoxy) is 1. The van der Waals surface area contributed by atoms with Gasteiger partial charge in [0.2, 0.25) is 10.0 Å². The van der Waals surface area contributed by atoms with Crippen molar-refractivity contribution in [3.8, 4) is 5.75 Å². The van der Waals surface area contributed by atoms with Crippen LogP contribution in [0.3, 0.4) is 0 Å². The molecule has 0 aromatic heterocycles. The van der Waals surface area contributed by atoms with Gasteiger partial charge in [0.15, 0.2) is 0 Å². The number of likely N-dealkylation sites (N-methyl/N-ethyl adjacent to an activating group) is 1. The van der Waals surface area contributed by atoms with Crippen LogP contribution in [0.5, 0.6) is 5.75 Å². The van der Waals surface area contributed by atoms with E-state index in [0.717, 1.165) is 56.5 Å². The van der Waals surface area contributed by atoms with Gasteiger partial charge in [-0.05, 0) is 61.8 Å². The molecule has 7 heteroatoms. The molecule has 2 aromatic rings. The highest BCUT2D eigenvalue weighted by atomic mass is 32.2. The molecule has 6 nitrogen and oxygen atoms in total. The number of sulfonamides is 1. The van der Waals surface area contributed by atoms with Gasteiger partial charge in [-0.1, -0.05) is 42.5 Å². The average Bonchev–Trinajstić information content (AvgIpc) is 3.43.